The third-order valence-electron chi connectivity index (χ3n) is 4.98. The SMILES string of the molecule is CC1CCN(Cc2ccc(C(=O)Nc3ccc(OC(C)C)cc3)cc2)CC1. The van der Waals surface area contributed by atoms with E-state index in [1.807, 2.05) is 50.2 Å². The molecule has 0 radical (unpaired) electrons. The molecule has 144 valence electrons. The maximum Gasteiger partial charge on any atom is 0.255 e. The van der Waals surface area contributed by atoms with Gasteiger partial charge in [-0.2, -0.15) is 0 Å². The minimum Gasteiger partial charge on any atom is -0.491 e. The van der Waals surface area contributed by atoms with Gasteiger partial charge in [0.1, 0.15) is 5.75 Å². The Morgan fingerprint density at radius 1 is 1.07 bits per heavy atom. The number of nitrogens with zero attached hydrogens (tertiary/aromatic N) is 1. The van der Waals surface area contributed by atoms with Crippen molar-refractivity contribution in [3.05, 3.63) is 59.7 Å². The van der Waals surface area contributed by atoms with Gasteiger partial charge in [0, 0.05) is 17.8 Å². The molecule has 1 aliphatic heterocycles. The number of anilines is 1. The lowest BCUT2D eigenvalue weighted by molar-refractivity contribution is 0.102. The van der Waals surface area contributed by atoms with Crippen LogP contribution in [0.25, 0.3) is 0 Å². The standard InChI is InChI=1S/C23H30N2O2/c1-17(2)27-22-10-8-21(9-11-22)24-23(26)20-6-4-19(5-7-20)16-25-14-12-18(3)13-15-25/h4-11,17-18H,12-16H2,1-3H3,(H,24,26). The van der Waals surface area contributed by atoms with Crippen molar-refractivity contribution in [1.29, 1.82) is 0 Å². The van der Waals surface area contributed by atoms with E-state index in [2.05, 4.69) is 29.3 Å². The van der Waals surface area contributed by atoms with Gasteiger partial charge in [-0.3, -0.25) is 9.69 Å². The van der Waals surface area contributed by atoms with Crippen LogP contribution in [0.1, 0.15) is 49.5 Å². The summed E-state index contributed by atoms with van der Waals surface area (Å²) < 4.78 is 5.62. The van der Waals surface area contributed by atoms with Crippen molar-refractivity contribution in [2.24, 2.45) is 5.92 Å². The number of hydrogen-bond acceptors (Lipinski definition) is 3. The molecule has 2 aromatic rings. The topological polar surface area (TPSA) is 41.6 Å². The summed E-state index contributed by atoms with van der Waals surface area (Å²) in [4.78, 5) is 15.0. The van der Waals surface area contributed by atoms with Crippen LogP contribution < -0.4 is 10.1 Å². The first-order valence-electron chi connectivity index (χ1n) is 9.89. The molecule has 3 rings (SSSR count). The highest BCUT2D eigenvalue weighted by Crippen LogP contribution is 2.20. The van der Waals surface area contributed by atoms with E-state index in [9.17, 15) is 4.79 Å². The average Bonchev–Trinajstić information content (AvgIpc) is 2.65. The lowest BCUT2D eigenvalue weighted by Crippen LogP contribution is -2.32. The second-order valence-electron chi connectivity index (χ2n) is 7.80. The van der Waals surface area contributed by atoms with Crippen molar-refractivity contribution in [3.63, 3.8) is 0 Å². The van der Waals surface area contributed by atoms with Gasteiger partial charge >= 0.3 is 0 Å². The molecular formula is C23H30N2O2. The third-order valence-corrected chi connectivity index (χ3v) is 4.98. The minimum atomic E-state index is -0.0918. The summed E-state index contributed by atoms with van der Waals surface area (Å²) in [5, 5.41) is 2.94. The van der Waals surface area contributed by atoms with Crippen molar-refractivity contribution >= 4 is 11.6 Å². The number of benzene rings is 2. The highest BCUT2D eigenvalue weighted by molar-refractivity contribution is 6.04. The zero-order valence-corrected chi connectivity index (χ0v) is 16.6. The Bertz CT molecular complexity index is 730. The number of likely N-dealkylation sites (tertiary alicyclic amines) is 1. The van der Waals surface area contributed by atoms with Gasteiger partial charge in [-0.25, -0.2) is 0 Å². The van der Waals surface area contributed by atoms with Gasteiger partial charge in [0.25, 0.3) is 5.91 Å². The fraction of sp³-hybridized carbons (Fsp3) is 0.435. The molecule has 0 bridgehead atoms. The maximum absolute atomic E-state index is 12.5. The van der Waals surface area contributed by atoms with Crippen LogP contribution in [0.4, 0.5) is 5.69 Å². The number of piperidine rings is 1. The van der Waals surface area contributed by atoms with Crippen LogP contribution in [-0.2, 0) is 6.54 Å². The van der Waals surface area contributed by atoms with Crippen molar-refractivity contribution in [2.45, 2.75) is 46.3 Å². The van der Waals surface area contributed by atoms with Crippen LogP contribution in [0.5, 0.6) is 5.75 Å². The summed E-state index contributed by atoms with van der Waals surface area (Å²) >= 11 is 0. The Morgan fingerprint density at radius 3 is 2.30 bits per heavy atom. The summed E-state index contributed by atoms with van der Waals surface area (Å²) in [6, 6.07) is 15.4. The number of ether oxygens (including phenoxy) is 1. The number of carbonyl (C=O) groups excluding carboxylic acids is 1. The van der Waals surface area contributed by atoms with E-state index in [1.165, 1.54) is 31.5 Å². The monoisotopic (exact) mass is 366 g/mol. The number of rotatable bonds is 6. The van der Waals surface area contributed by atoms with E-state index in [-0.39, 0.29) is 12.0 Å². The van der Waals surface area contributed by atoms with Gasteiger partial charge in [-0.05, 0) is 87.7 Å². The first-order valence-corrected chi connectivity index (χ1v) is 9.89. The van der Waals surface area contributed by atoms with E-state index in [1.54, 1.807) is 0 Å². The predicted octanol–water partition coefficient (Wildman–Crippen LogP) is 4.96. The van der Waals surface area contributed by atoms with Crippen molar-refractivity contribution in [2.75, 3.05) is 18.4 Å². The molecule has 27 heavy (non-hydrogen) atoms. The quantitative estimate of drug-likeness (QED) is 0.786. The van der Waals surface area contributed by atoms with Crippen LogP contribution in [0.3, 0.4) is 0 Å². The Morgan fingerprint density at radius 2 is 1.70 bits per heavy atom. The zero-order chi connectivity index (χ0) is 19.2. The van der Waals surface area contributed by atoms with Gasteiger partial charge in [-0.1, -0.05) is 19.1 Å². The van der Waals surface area contributed by atoms with Gasteiger partial charge in [0.2, 0.25) is 0 Å². The van der Waals surface area contributed by atoms with Crippen LogP contribution >= 0.6 is 0 Å². The fourth-order valence-electron chi connectivity index (χ4n) is 3.33. The molecule has 1 heterocycles. The third kappa shape index (κ3) is 5.83. The first-order chi connectivity index (χ1) is 13.0. The fourth-order valence-corrected chi connectivity index (χ4v) is 3.33. The van der Waals surface area contributed by atoms with E-state index in [0.29, 0.717) is 5.56 Å². The normalized spacial score (nSPS) is 15.7. The second-order valence-corrected chi connectivity index (χ2v) is 7.80. The lowest BCUT2D eigenvalue weighted by Gasteiger charge is -2.30. The van der Waals surface area contributed by atoms with Crippen molar-refractivity contribution in [3.8, 4) is 5.75 Å². The summed E-state index contributed by atoms with van der Waals surface area (Å²) in [6.07, 6.45) is 2.69. The largest absolute Gasteiger partial charge is 0.491 e. The lowest BCUT2D eigenvalue weighted by atomic mass is 9.99. The number of carbonyl (C=O) groups is 1. The van der Waals surface area contributed by atoms with Gasteiger partial charge in [0.05, 0.1) is 6.10 Å². The summed E-state index contributed by atoms with van der Waals surface area (Å²) in [7, 11) is 0. The molecule has 1 saturated heterocycles. The Balaban J connectivity index is 1.54. The Kier molecular flexibility index (Phi) is 6.51. The van der Waals surface area contributed by atoms with E-state index < -0.39 is 0 Å². The molecule has 0 aliphatic carbocycles. The molecule has 0 unspecified atom stereocenters. The molecule has 1 amide bonds. The van der Waals surface area contributed by atoms with Crippen LogP contribution in [0.2, 0.25) is 0 Å². The van der Waals surface area contributed by atoms with Gasteiger partial charge in [0.15, 0.2) is 0 Å². The zero-order valence-electron chi connectivity index (χ0n) is 16.6. The Labute approximate surface area is 162 Å². The molecule has 4 heteroatoms. The Hall–Kier alpha value is -2.33. The van der Waals surface area contributed by atoms with Crippen molar-refractivity contribution in [1.82, 2.24) is 4.90 Å². The second kappa shape index (κ2) is 9.05. The molecule has 4 nitrogen and oxygen atoms in total. The minimum absolute atomic E-state index is 0.0918. The average molecular weight is 367 g/mol. The maximum atomic E-state index is 12.5. The van der Waals surface area contributed by atoms with Crippen LogP contribution in [-0.4, -0.2) is 30.0 Å². The van der Waals surface area contributed by atoms with Gasteiger partial charge < -0.3 is 10.1 Å². The summed E-state index contributed by atoms with van der Waals surface area (Å²) in [5.74, 6) is 1.56. The number of nitrogens with one attached hydrogen (secondary N) is 1. The van der Waals surface area contributed by atoms with Crippen molar-refractivity contribution < 1.29 is 9.53 Å². The summed E-state index contributed by atoms with van der Waals surface area (Å²) in [6.45, 7) is 9.61. The number of hydrogen-bond donors (Lipinski definition) is 1. The summed E-state index contributed by atoms with van der Waals surface area (Å²) in [5.41, 5.74) is 2.70. The molecule has 0 saturated carbocycles. The molecule has 0 aromatic heterocycles. The van der Waals surface area contributed by atoms with Gasteiger partial charge in [-0.15, -0.1) is 0 Å². The van der Waals surface area contributed by atoms with Crippen LogP contribution in [0.15, 0.2) is 48.5 Å². The highest BCUT2D eigenvalue weighted by Gasteiger charge is 2.15. The molecular weight excluding hydrogens is 336 g/mol. The first kappa shape index (κ1) is 19.4. The molecule has 1 fully saturated rings. The van der Waals surface area contributed by atoms with E-state index >= 15 is 0 Å². The molecule has 1 aliphatic rings. The predicted molar refractivity (Wildman–Crippen MR) is 110 cm³/mol. The molecule has 1 N–H and O–H groups in total. The number of amides is 1. The van der Waals surface area contributed by atoms with E-state index in [4.69, 9.17) is 4.74 Å². The molecule has 2 aromatic carbocycles. The smallest absolute Gasteiger partial charge is 0.255 e. The van der Waals surface area contributed by atoms with E-state index in [0.717, 1.165) is 23.9 Å². The molecule has 0 spiro atoms. The molecule has 0 atom stereocenters. The highest BCUT2D eigenvalue weighted by atomic mass is 16.5. The van der Waals surface area contributed by atoms with Crippen LogP contribution in [0, 0.1) is 5.92 Å².